The zero-order valence-corrected chi connectivity index (χ0v) is 15.4. The normalized spacial score (nSPS) is 10.6. The summed E-state index contributed by atoms with van der Waals surface area (Å²) in [6, 6.07) is 16.6. The van der Waals surface area contributed by atoms with Crippen LogP contribution in [0.4, 0.5) is 10.1 Å². The van der Waals surface area contributed by atoms with Crippen molar-refractivity contribution in [3.63, 3.8) is 0 Å². The Morgan fingerprint density at radius 2 is 1.76 bits per heavy atom. The van der Waals surface area contributed by atoms with Crippen molar-refractivity contribution in [3.05, 3.63) is 84.6 Å². The Bertz CT molecular complexity index is 1160. The number of ether oxygens (including phenoxy) is 1. The van der Waals surface area contributed by atoms with Crippen molar-refractivity contribution in [1.29, 1.82) is 0 Å². The fraction of sp³-hybridized carbons (Fsp3) is 0.0476. The average Bonchev–Trinajstić information content (AvgIpc) is 3.20. The lowest BCUT2D eigenvalue weighted by Gasteiger charge is -2.11. The SMILES string of the molecule is COc1ccccc1NC(=O)c1nnn(-c2ccccc2F)c1-c1ccncc1. The molecule has 0 aliphatic rings. The van der Waals surface area contributed by atoms with Gasteiger partial charge in [0, 0.05) is 18.0 Å². The Morgan fingerprint density at radius 1 is 1.03 bits per heavy atom. The predicted octanol–water partition coefficient (Wildman–Crippen LogP) is 3.73. The monoisotopic (exact) mass is 389 g/mol. The first kappa shape index (κ1) is 18.3. The predicted molar refractivity (Wildman–Crippen MR) is 105 cm³/mol. The molecule has 0 bridgehead atoms. The van der Waals surface area contributed by atoms with Gasteiger partial charge in [0.25, 0.3) is 5.91 Å². The van der Waals surface area contributed by atoms with E-state index >= 15 is 0 Å². The lowest BCUT2D eigenvalue weighted by Crippen LogP contribution is -2.15. The fourth-order valence-corrected chi connectivity index (χ4v) is 2.93. The number of rotatable bonds is 5. The third kappa shape index (κ3) is 3.55. The third-order valence-electron chi connectivity index (χ3n) is 4.27. The van der Waals surface area contributed by atoms with Crippen LogP contribution < -0.4 is 10.1 Å². The van der Waals surface area contributed by atoms with Crippen LogP contribution in [0.1, 0.15) is 10.5 Å². The number of carbonyl (C=O) groups excluding carboxylic acids is 1. The highest BCUT2D eigenvalue weighted by Gasteiger charge is 2.24. The molecule has 0 fully saturated rings. The van der Waals surface area contributed by atoms with E-state index in [4.69, 9.17) is 4.74 Å². The van der Waals surface area contributed by atoms with E-state index < -0.39 is 11.7 Å². The van der Waals surface area contributed by atoms with Gasteiger partial charge in [0.2, 0.25) is 0 Å². The number of para-hydroxylation sites is 3. The van der Waals surface area contributed by atoms with Gasteiger partial charge in [-0.1, -0.05) is 29.5 Å². The van der Waals surface area contributed by atoms with Crippen molar-refractivity contribution >= 4 is 11.6 Å². The smallest absolute Gasteiger partial charge is 0.278 e. The maximum atomic E-state index is 14.4. The molecule has 2 heterocycles. The Labute approximate surface area is 165 Å². The highest BCUT2D eigenvalue weighted by atomic mass is 19.1. The van der Waals surface area contributed by atoms with Crippen LogP contribution >= 0.6 is 0 Å². The summed E-state index contributed by atoms with van der Waals surface area (Å²) in [4.78, 5) is 17.0. The molecule has 4 aromatic rings. The number of pyridine rings is 1. The third-order valence-corrected chi connectivity index (χ3v) is 4.27. The van der Waals surface area contributed by atoms with Crippen molar-refractivity contribution in [2.75, 3.05) is 12.4 Å². The number of halogens is 1. The van der Waals surface area contributed by atoms with Gasteiger partial charge in [0.05, 0.1) is 12.8 Å². The van der Waals surface area contributed by atoms with Crippen LogP contribution in [-0.2, 0) is 0 Å². The second-order valence-electron chi connectivity index (χ2n) is 6.04. The van der Waals surface area contributed by atoms with Gasteiger partial charge < -0.3 is 10.1 Å². The van der Waals surface area contributed by atoms with Gasteiger partial charge in [-0.3, -0.25) is 9.78 Å². The molecule has 2 aromatic heterocycles. The van der Waals surface area contributed by atoms with Gasteiger partial charge in [-0.2, -0.15) is 0 Å². The van der Waals surface area contributed by atoms with E-state index in [1.54, 1.807) is 67.0 Å². The topological polar surface area (TPSA) is 81.9 Å². The van der Waals surface area contributed by atoms with Crippen LogP contribution in [0.2, 0.25) is 0 Å². The van der Waals surface area contributed by atoms with E-state index in [9.17, 15) is 9.18 Å². The standard InChI is InChI=1S/C21H16FN5O2/c1-29-18-9-5-3-7-16(18)24-21(28)19-20(14-10-12-23-13-11-14)27(26-25-19)17-8-4-2-6-15(17)22/h2-13H,1H3,(H,24,28). The molecule has 2 aromatic carbocycles. The van der Waals surface area contributed by atoms with Gasteiger partial charge in [-0.15, -0.1) is 5.10 Å². The molecule has 0 atom stereocenters. The molecule has 144 valence electrons. The van der Waals surface area contributed by atoms with E-state index in [0.29, 0.717) is 22.7 Å². The maximum Gasteiger partial charge on any atom is 0.278 e. The van der Waals surface area contributed by atoms with E-state index in [1.807, 2.05) is 0 Å². The number of anilines is 1. The minimum atomic E-state index is -0.496. The van der Waals surface area contributed by atoms with Crippen molar-refractivity contribution in [1.82, 2.24) is 20.0 Å². The molecule has 0 spiro atoms. The van der Waals surface area contributed by atoms with Gasteiger partial charge in [-0.05, 0) is 36.4 Å². The molecule has 0 saturated carbocycles. The van der Waals surface area contributed by atoms with Gasteiger partial charge in [0.15, 0.2) is 5.69 Å². The number of benzene rings is 2. The highest BCUT2D eigenvalue weighted by molar-refractivity contribution is 6.07. The summed E-state index contributed by atoms with van der Waals surface area (Å²) in [5.41, 5.74) is 1.69. The first-order chi connectivity index (χ1) is 14.2. The average molecular weight is 389 g/mol. The molecule has 0 radical (unpaired) electrons. The van der Waals surface area contributed by atoms with Crippen LogP contribution in [0.5, 0.6) is 5.75 Å². The minimum Gasteiger partial charge on any atom is -0.495 e. The largest absolute Gasteiger partial charge is 0.495 e. The van der Waals surface area contributed by atoms with Crippen LogP contribution in [0.15, 0.2) is 73.1 Å². The lowest BCUT2D eigenvalue weighted by atomic mass is 10.1. The Morgan fingerprint density at radius 3 is 2.52 bits per heavy atom. The molecule has 4 rings (SSSR count). The first-order valence-corrected chi connectivity index (χ1v) is 8.74. The quantitative estimate of drug-likeness (QED) is 0.562. The first-order valence-electron chi connectivity index (χ1n) is 8.74. The number of hydrogen-bond acceptors (Lipinski definition) is 5. The number of methoxy groups -OCH3 is 1. The molecule has 8 heteroatoms. The van der Waals surface area contributed by atoms with Crippen molar-refractivity contribution < 1.29 is 13.9 Å². The summed E-state index contributed by atoms with van der Waals surface area (Å²) < 4.78 is 21.0. The number of hydrogen-bond donors (Lipinski definition) is 1. The number of amides is 1. The van der Waals surface area contributed by atoms with Gasteiger partial charge >= 0.3 is 0 Å². The van der Waals surface area contributed by atoms with Crippen molar-refractivity contribution in [2.45, 2.75) is 0 Å². The second-order valence-corrected chi connectivity index (χ2v) is 6.04. The Kier molecular flexibility index (Phi) is 4.98. The summed E-state index contributed by atoms with van der Waals surface area (Å²) in [5, 5.41) is 10.9. The molecule has 7 nitrogen and oxygen atoms in total. The second kappa shape index (κ2) is 7.89. The molecule has 1 N–H and O–H groups in total. The number of nitrogens with zero attached hydrogens (tertiary/aromatic N) is 4. The van der Waals surface area contributed by atoms with Gasteiger partial charge in [0.1, 0.15) is 22.9 Å². The molecule has 0 unspecified atom stereocenters. The van der Waals surface area contributed by atoms with Crippen molar-refractivity contribution in [2.24, 2.45) is 0 Å². The van der Waals surface area contributed by atoms with Crippen LogP contribution in [0, 0.1) is 5.82 Å². The molecule has 0 aliphatic carbocycles. The highest BCUT2D eigenvalue weighted by Crippen LogP contribution is 2.28. The molecular formula is C21H16FN5O2. The van der Waals surface area contributed by atoms with Gasteiger partial charge in [-0.25, -0.2) is 9.07 Å². The van der Waals surface area contributed by atoms with Crippen molar-refractivity contribution in [3.8, 4) is 22.7 Å². The molecule has 1 amide bonds. The minimum absolute atomic E-state index is 0.0466. The summed E-state index contributed by atoms with van der Waals surface area (Å²) in [5.74, 6) is -0.471. The van der Waals surface area contributed by atoms with Crippen LogP contribution in [0.25, 0.3) is 16.9 Å². The summed E-state index contributed by atoms with van der Waals surface area (Å²) in [6.07, 6.45) is 3.16. The molecule has 0 saturated heterocycles. The molecule has 0 aliphatic heterocycles. The summed E-state index contributed by atoms with van der Waals surface area (Å²) >= 11 is 0. The maximum absolute atomic E-state index is 14.4. The zero-order valence-electron chi connectivity index (χ0n) is 15.4. The van der Waals surface area contributed by atoms with E-state index in [1.165, 1.54) is 17.9 Å². The van der Waals surface area contributed by atoms with E-state index in [0.717, 1.165) is 0 Å². The van der Waals surface area contributed by atoms with Crippen LogP contribution in [0.3, 0.4) is 0 Å². The lowest BCUT2D eigenvalue weighted by molar-refractivity contribution is 0.102. The number of carbonyl (C=O) groups is 1. The van der Waals surface area contributed by atoms with E-state index in [-0.39, 0.29) is 11.4 Å². The molecular weight excluding hydrogens is 373 g/mol. The summed E-state index contributed by atoms with van der Waals surface area (Å²) in [7, 11) is 1.52. The number of nitrogens with one attached hydrogen (secondary N) is 1. The fourth-order valence-electron chi connectivity index (χ4n) is 2.93. The zero-order chi connectivity index (χ0) is 20.2. The molecule has 29 heavy (non-hydrogen) atoms. The number of aromatic nitrogens is 4. The summed E-state index contributed by atoms with van der Waals surface area (Å²) in [6.45, 7) is 0. The van der Waals surface area contributed by atoms with E-state index in [2.05, 4.69) is 20.6 Å². The van der Waals surface area contributed by atoms with Crippen LogP contribution in [-0.4, -0.2) is 33.0 Å². The Balaban J connectivity index is 1.82. The Hall–Kier alpha value is -4.07.